The van der Waals surface area contributed by atoms with Crippen molar-refractivity contribution in [3.05, 3.63) is 48.5 Å². The number of anilines is 1. The number of aromatic nitrogens is 2. The van der Waals surface area contributed by atoms with Crippen molar-refractivity contribution in [2.45, 2.75) is 19.8 Å². The number of rotatable bonds is 5. The van der Waals surface area contributed by atoms with Gasteiger partial charge in [0, 0.05) is 30.3 Å². The summed E-state index contributed by atoms with van der Waals surface area (Å²) in [5.41, 5.74) is 3.56. The van der Waals surface area contributed by atoms with Crippen molar-refractivity contribution < 1.29 is 13.2 Å². The highest BCUT2D eigenvalue weighted by atomic mass is 32.2. The minimum atomic E-state index is -3.18. The number of imidazole rings is 1. The summed E-state index contributed by atoms with van der Waals surface area (Å²) in [6.45, 7) is 2.45. The molecule has 3 aromatic rings. The zero-order valence-electron chi connectivity index (χ0n) is 16.3. The second-order valence-electron chi connectivity index (χ2n) is 7.24. The van der Waals surface area contributed by atoms with Gasteiger partial charge in [0.25, 0.3) is 0 Å². The first kappa shape index (κ1) is 19.6. The number of carbonyl (C=O) groups excluding carboxylic acids is 1. The first-order valence-electron chi connectivity index (χ1n) is 9.80. The number of nitrogens with zero attached hydrogens (tertiary/aromatic N) is 2. The van der Waals surface area contributed by atoms with Crippen LogP contribution in [0.5, 0.6) is 0 Å². The Kier molecular flexibility index (Phi) is 5.38. The van der Waals surface area contributed by atoms with Crippen molar-refractivity contribution in [2.24, 2.45) is 5.92 Å². The normalized spacial score (nSPS) is 16.2. The highest BCUT2D eigenvalue weighted by molar-refractivity contribution is 7.89. The molecule has 0 unspecified atom stereocenters. The average Bonchev–Trinajstić information content (AvgIpc) is 3.18. The molecule has 2 N–H and O–H groups in total. The summed E-state index contributed by atoms with van der Waals surface area (Å²) in [4.78, 5) is 20.4. The Labute approximate surface area is 170 Å². The topological polar surface area (TPSA) is 95.2 Å². The Morgan fingerprint density at radius 3 is 2.48 bits per heavy atom. The largest absolute Gasteiger partial charge is 0.338 e. The molecule has 4 rings (SSSR count). The van der Waals surface area contributed by atoms with Gasteiger partial charge < -0.3 is 10.3 Å². The van der Waals surface area contributed by atoms with Gasteiger partial charge in [-0.05, 0) is 56.2 Å². The lowest BCUT2D eigenvalue weighted by Gasteiger charge is -2.30. The molecule has 1 saturated heterocycles. The van der Waals surface area contributed by atoms with Gasteiger partial charge in [-0.1, -0.05) is 12.1 Å². The van der Waals surface area contributed by atoms with Gasteiger partial charge in [0.1, 0.15) is 5.82 Å². The summed E-state index contributed by atoms with van der Waals surface area (Å²) < 4.78 is 25.4. The maximum Gasteiger partial charge on any atom is 0.227 e. The monoisotopic (exact) mass is 412 g/mol. The van der Waals surface area contributed by atoms with Crippen LogP contribution in [-0.4, -0.2) is 47.4 Å². The van der Waals surface area contributed by atoms with E-state index in [1.54, 1.807) is 6.92 Å². The summed E-state index contributed by atoms with van der Waals surface area (Å²) in [7, 11) is -3.18. The molecule has 29 heavy (non-hydrogen) atoms. The SMILES string of the molecule is CCS(=O)(=O)N1CCC(C(=O)Nc2ccc(-c3nc4ccccc4[nH]3)cc2)CC1. The van der Waals surface area contributed by atoms with Crippen molar-refractivity contribution in [1.29, 1.82) is 0 Å². The summed E-state index contributed by atoms with van der Waals surface area (Å²) >= 11 is 0. The number of nitrogens with one attached hydrogen (secondary N) is 2. The second kappa shape index (κ2) is 7.96. The molecule has 1 fully saturated rings. The van der Waals surface area contributed by atoms with E-state index in [1.807, 2.05) is 48.5 Å². The van der Waals surface area contributed by atoms with Crippen LogP contribution in [0.2, 0.25) is 0 Å². The van der Waals surface area contributed by atoms with Crippen LogP contribution >= 0.6 is 0 Å². The molecule has 1 amide bonds. The van der Waals surface area contributed by atoms with Crippen LogP contribution in [-0.2, 0) is 14.8 Å². The van der Waals surface area contributed by atoms with Crippen LogP contribution < -0.4 is 5.32 Å². The van der Waals surface area contributed by atoms with Crippen LogP contribution in [0.3, 0.4) is 0 Å². The molecule has 0 radical (unpaired) electrons. The summed E-state index contributed by atoms with van der Waals surface area (Å²) in [5, 5.41) is 2.95. The molecular formula is C21H24N4O3S. The molecule has 0 aliphatic carbocycles. The maximum absolute atomic E-state index is 12.6. The van der Waals surface area contributed by atoms with Gasteiger partial charge >= 0.3 is 0 Å². The third-order valence-electron chi connectivity index (χ3n) is 5.40. The van der Waals surface area contributed by atoms with Gasteiger partial charge in [-0.15, -0.1) is 0 Å². The molecule has 0 spiro atoms. The number of carbonyl (C=O) groups is 1. The van der Waals surface area contributed by atoms with Crippen molar-refractivity contribution in [3.8, 4) is 11.4 Å². The van der Waals surface area contributed by atoms with E-state index in [1.165, 1.54) is 4.31 Å². The maximum atomic E-state index is 12.6. The van der Waals surface area contributed by atoms with Gasteiger partial charge in [-0.2, -0.15) is 0 Å². The first-order chi connectivity index (χ1) is 14.0. The lowest BCUT2D eigenvalue weighted by Crippen LogP contribution is -2.42. The molecule has 0 saturated carbocycles. The number of aromatic amines is 1. The minimum Gasteiger partial charge on any atom is -0.338 e. The number of fused-ring (bicyclic) bond motifs is 1. The van der Waals surface area contributed by atoms with Gasteiger partial charge in [-0.3, -0.25) is 4.79 Å². The zero-order chi connectivity index (χ0) is 20.4. The minimum absolute atomic E-state index is 0.0602. The highest BCUT2D eigenvalue weighted by Crippen LogP contribution is 2.24. The Morgan fingerprint density at radius 2 is 1.83 bits per heavy atom. The summed E-state index contributed by atoms with van der Waals surface area (Å²) in [6, 6.07) is 15.4. The molecule has 0 atom stereocenters. The predicted molar refractivity (Wildman–Crippen MR) is 114 cm³/mol. The molecule has 152 valence electrons. The van der Waals surface area contributed by atoms with Crippen LogP contribution in [0.1, 0.15) is 19.8 Å². The zero-order valence-corrected chi connectivity index (χ0v) is 17.1. The lowest BCUT2D eigenvalue weighted by atomic mass is 9.97. The van der Waals surface area contributed by atoms with E-state index in [0.29, 0.717) is 25.9 Å². The van der Waals surface area contributed by atoms with E-state index < -0.39 is 10.0 Å². The number of para-hydroxylation sites is 2. The Bertz CT molecular complexity index is 1080. The number of H-pyrrole nitrogens is 1. The smallest absolute Gasteiger partial charge is 0.227 e. The first-order valence-corrected chi connectivity index (χ1v) is 11.4. The molecule has 7 nitrogen and oxygen atoms in total. The summed E-state index contributed by atoms with van der Waals surface area (Å²) in [6.07, 6.45) is 1.09. The number of hydrogen-bond donors (Lipinski definition) is 2. The van der Waals surface area contributed by atoms with Crippen LogP contribution in [0, 0.1) is 5.92 Å². The van der Waals surface area contributed by atoms with E-state index in [0.717, 1.165) is 28.1 Å². The lowest BCUT2D eigenvalue weighted by molar-refractivity contribution is -0.120. The molecule has 1 aliphatic rings. The third-order valence-corrected chi connectivity index (χ3v) is 7.28. The van der Waals surface area contributed by atoms with E-state index in [-0.39, 0.29) is 17.6 Å². The highest BCUT2D eigenvalue weighted by Gasteiger charge is 2.30. The van der Waals surface area contributed by atoms with Crippen LogP contribution in [0.25, 0.3) is 22.4 Å². The van der Waals surface area contributed by atoms with Crippen LogP contribution in [0.4, 0.5) is 5.69 Å². The number of amides is 1. The molecule has 8 heteroatoms. The van der Waals surface area contributed by atoms with Crippen molar-refractivity contribution in [2.75, 3.05) is 24.2 Å². The van der Waals surface area contributed by atoms with Gasteiger partial charge in [0.05, 0.1) is 16.8 Å². The number of sulfonamides is 1. The van der Waals surface area contributed by atoms with Gasteiger partial charge in [0.15, 0.2) is 0 Å². The van der Waals surface area contributed by atoms with E-state index in [2.05, 4.69) is 15.3 Å². The molecule has 2 heterocycles. The van der Waals surface area contributed by atoms with Gasteiger partial charge in [-0.25, -0.2) is 17.7 Å². The van der Waals surface area contributed by atoms with Crippen LogP contribution in [0.15, 0.2) is 48.5 Å². The quantitative estimate of drug-likeness (QED) is 0.673. The predicted octanol–water partition coefficient (Wildman–Crippen LogP) is 3.23. The number of hydrogen-bond acceptors (Lipinski definition) is 4. The molecule has 2 aromatic carbocycles. The van der Waals surface area contributed by atoms with Gasteiger partial charge in [0.2, 0.25) is 15.9 Å². The second-order valence-corrected chi connectivity index (χ2v) is 9.50. The fourth-order valence-corrected chi connectivity index (χ4v) is 4.76. The Balaban J connectivity index is 1.38. The summed E-state index contributed by atoms with van der Waals surface area (Å²) in [5.74, 6) is 0.651. The van der Waals surface area contributed by atoms with E-state index >= 15 is 0 Å². The fraction of sp³-hybridized carbons (Fsp3) is 0.333. The van der Waals surface area contributed by atoms with Crippen molar-refractivity contribution in [3.63, 3.8) is 0 Å². The Hall–Kier alpha value is -2.71. The van der Waals surface area contributed by atoms with E-state index in [9.17, 15) is 13.2 Å². The van der Waals surface area contributed by atoms with E-state index in [4.69, 9.17) is 0 Å². The average molecular weight is 413 g/mol. The fourth-order valence-electron chi connectivity index (χ4n) is 3.62. The number of piperidine rings is 1. The number of benzene rings is 2. The van der Waals surface area contributed by atoms with Crippen molar-refractivity contribution in [1.82, 2.24) is 14.3 Å². The molecule has 1 aromatic heterocycles. The molecular weight excluding hydrogens is 388 g/mol. The standard InChI is InChI=1S/C21H24N4O3S/c1-2-29(27,28)25-13-11-16(12-14-25)21(26)22-17-9-7-15(8-10-17)20-23-18-5-3-4-6-19(18)24-20/h3-10,16H,2,11-14H2,1H3,(H,22,26)(H,23,24). The molecule has 1 aliphatic heterocycles. The molecule has 0 bridgehead atoms. The Morgan fingerprint density at radius 1 is 1.14 bits per heavy atom. The van der Waals surface area contributed by atoms with Crippen molar-refractivity contribution >= 4 is 32.7 Å². The third kappa shape index (κ3) is 4.18.